The number of aromatic nitrogens is 4. The number of sulfonamides is 1. The van der Waals surface area contributed by atoms with E-state index in [-0.39, 0.29) is 11.4 Å². The van der Waals surface area contributed by atoms with Gasteiger partial charge in [-0.25, -0.2) is 27.8 Å². The Morgan fingerprint density at radius 1 is 1.07 bits per heavy atom. The molecule has 0 aliphatic carbocycles. The lowest BCUT2D eigenvalue weighted by Gasteiger charge is -2.09. The first-order valence-corrected chi connectivity index (χ1v) is 10.8. The van der Waals surface area contributed by atoms with Crippen molar-refractivity contribution in [1.82, 2.24) is 24.5 Å². The molecule has 0 aliphatic rings. The SMILES string of the molecule is Cc1cc(C)n(-c2cc(NCCNS(=O)(=O)c3ccc(I)cc3)ncn2)n1. The molecule has 0 fully saturated rings. The zero-order valence-corrected chi connectivity index (χ0v) is 17.8. The van der Waals surface area contributed by atoms with Crippen LogP contribution < -0.4 is 10.0 Å². The van der Waals surface area contributed by atoms with E-state index in [0.29, 0.717) is 18.2 Å². The molecule has 0 radical (unpaired) electrons. The van der Waals surface area contributed by atoms with Gasteiger partial charge >= 0.3 is 0 Å². The molecule has 2 heterocycles. The highest BCUT2D eigenvalue weighted by Crippen LogP contribution is 2.13. The number of hydrogen-bond donors (Lipinski definition) is 2. The van der Waals surface area contributed by atoms with Crippen molar-refractivity contribution in [3.8, 4) is 5.82 Å². The maximum atomic E-state index is 12.3. The predicted molar refractivity (Wildman–Crippen MR) is 111 cm³/mol. The van der Waals surface area contributed by atoms with Crippen LogP contribution in [0.15, 0.2) is 47.6 Å². The molecular weight excluding hydrogens is 479 g/mol. The fraction of sp³-hybridized carbons (Fsp3) is 0.235. The molecule has 0 bridgehead atoms. The molecule has 3 aromatic rings. The van der Waals surface area contributed by atoms with Crippen molar-refractivity contribution in [2.24, 2.45) is 0 Å². The van der Waals surface area contributed by atoms with E-state index in [9.17, 15) is 8.42 Å². The van der Waals surface area contributed by atoms with Crippen LogP contribution in [0.1, 0.15) is 11.4 Å². The van der Waals surface area contributed by atoms with Gasteiger partial charge in [0, 0.05) is 28.4 Å². The highest BCUT2D eigenvalue weighted by molar-refractivity contribution is 14.1. The quantitative estimate of drug-likeness (QED) is 0.383. The second kappa shape index (κ2) is 8.31. The van der Waals surface area contributed by atoms with Crippen molar-refractivity contribution in [3.05, 3.63) is 57.7 Å². The number of nitrogens with zero attached hydrogens (tertiary/aromatic N) is 4. The predicted octanol–water partition coefficient (Wildman–Crippen LogP) is 2.27. The second-order valence-electron chi connectivity index (χ2n) is 5.88. The van der Waals surface area contributed by atoms with E-state index in [0.717, 1.165) is 15.0 Å². The molecular formula is C17H19IN6O2S. The number of anilines is 1. The lowest BCUT2D eigenvalue weighted by atomic mass is 10.4. The van der Waals surface area contributed by atoms with Crippen molar-refractivity contribution in [3.63, 3.8) is 0 Å². The fourth-order valence-corrected chi connectivity index (χ4v) is 3.88. The normalized spacial score (nSPS) is 11.5. The standard InChI is InChI=1S/C17H19IN6O2S/c1-12-9-13(2)24(23-12)17-10-16(20-11-21-17)19-7-8-22-27(25,26)15-5-3-14(18)4-6-15/h3-6,9-11,22H,7-8H2,1-2H3,(H,19,20,21). The first kappa shape index (κ1) is 19.7. The van der Waals surface area contributed by atoms with Gasteiger partial charge in [0.15, 0.2) is 5.82 Å². The first-order chi connectivity index (χ1) is 12.8. The second-order valence-corrected chi connectivity index (χ2v) is 8.89. The molecule has 10 heteroatoms. The minimum atomic E-state index is -3.53. The lowest BCUT2D eigenvalue weighted by Crippen LogP contribution is -2.29. The van der Waals surface area contributed by atoms with E-state index in [1.54, 1.807) is 35.0 Å². The van der Waals surface area contributed by atoms with E-state index in [2.05, 4.69) is 47.7 Å². The van der Waals surface area contributed by atoms with Gasteiger partial charge < -0.3 is 5.32 Å². The Hall–Kier alpha value is -2.05. The van der Waals surface area contributed by atoms with Gasteiger partial charge in [-0.3, -0.25) is 0 Å². The van der Waals surface area contributed by atoms with Crippen molar-refractivity contribution in [2.45, 2.75) is 18.7 Å². The Bertz CT molecular complexity index is 1030. The Kier molecular flexibility index (Phi) is 6.07. The van der Waals surface area contributed by atoms with Crippen molar-refractivity contribution in [2.75, 3.05) is 18.4 Å². The van der Waals surface area contributed by atoms with Crippen molar-refractivity contribution < 1.29 is 8.42 Å². The highest BCUT2D eigenvalue weighted by Gasteiger charge is 2.13. The zero-order chi connectivity index (χ0) is 19.4. The average molecular weight is 498 g/mol. The molecule has 8 nitrogen and oxygen atoms in total. The Labute approximate surface area is 171 Å². The summed E-state index contributed by atoms with van der Waals surface area (Å²) >= 11 is 2.13. The monoisotopic (exact) mass is 498 g/mol. The third-order valence-corrected chi connectivity index (χ3v) is 5.92. The molecule has 27 heavy (non-hydrogen) atoms. The van der Waals surface area contributed by atoms with E-state index in [1.165, 1.54) is 6.33 Å². The van der Waals surface area contributed by atoms with Crippen LogP contribution in [0.3, 0.4) is 0 Å². The summed E-state index contributed by atoms with van der Waals surface area (Å²) in [5.74, 6) is 1.25. The molecule has 0 saturated carbocycles. The lowest BCUT2D eigenvalue weighted by molar-refractivity contribution is 0.583. The summed E-state index contributed by atoms with van der Waals surface area (Å²) in [6.45, 7) is 4.49. The Balaban J connectivity index is 1.59. The molecule has 0 amide bonds. The van der Waals surface area contributed by atoms with E-state index >= 15 is 0 Å². The third-order valence-electron chi connectivity index (χ3n) is 3.73. The van der Waals surface area contributed by atoms with Crippen LogP contribution in [0.4, 0.5) is 5.82 Å². The summed E-state index contributed by atoms with van der Waals surface area (Å²) in [4.78, 5) is 8.64. The topological polar surface area (TPSA) is 102 Å². The maximum Gasteiger partial charge on any atom is 0.240 e. The fourth-order valence-electron chi connectivity index (χ4n) is 2.49. The minimum absolute atomic E-state index is 0.230. The van der Waals surface area contributed by atoms with Gasteiger partial charge in [-0.15, -0.1) is 0 Å². The first-order valence-electron chi connectivity index (χ1n) is 8.20. The molecule has 2 N–H and O–H groups in total. The average Bonchev–Trinajstić information content (AvgIpc) is 2.98. The largest absolute Gasteiger partial charge is 0.369 e. The molecule has 2 aromatic heterocycles. The molecule has 0 unspecified atom stereocenters. The summed E-state index contributed by atoms with van der Waals surface area (Å²) in [6.07, 6.45) is 1.45. The van der Waals surface area contributed by atoms with Crippen LogP contribution in [-0.4, -0.2) is 41.3 Å². The number of benzene rings is 1. The van der Waals surface area contributed by atoms with Crippen molar-refractivity contribution in [1.29, 1.82) is 0 Å². The van der Waals surface area contributed by atoms with Crippen LogP contribution in [0.2, 0.25) is 0 Å². The number of hydrogen-bond acceptors (Lipinski definition) is 6. The summed E-state index contributed by atoms with van der Waals surface area (Å²) in [5, 5.41) is 7.49. The number of aryl methyl sites for hydroxylation is 2. The highest BCUT2D eigenvalue weighted by atomic mass is 127. The summed E-state index contributed by atoms with van der Waals surface area (Å²) in [7, 11) is -3.53. The van der Waals surface area contributed by atoms with Crippen LogP contribution in [0.25, 0.3) is 5.82 Å². The molecule has 0 saturated heterocycles. The molecule has 3 rings (SSSR count). The smallest absolute Gasteiger partial charge is 0.240 e. The van der Waals surface area contributed by atoms with Gasteiger partial charge in [-0.1, -0.05) is 0 Å². The molecule has 142 valence electrons. The molecule has 0 aliphatic heterocycles. The van der Waals surface area contributed by atoms with Gasteiger partial charge in [0.1, 0.15) is 12.1 Å². The maximum absolute atomic E-state index is 12.3. The van der Waals surface area contributed by atoms with Gasteiger partial charge in [0.2, 0.25) is 10.0 Å². The van der Waals surface area contributed by atoms with Crippen LogP contribution >= 0.6 is 22.6 Å². The number of rotatable bonds is 7. The van der Waals surface area contributed by atoms with Crippen molar-refractivity contribution >= 4 is 38.4 Å². The number of nitrogens with one attached hydrogen (secondary N) is 2. The molecule has 0 atom stereocenters. The van der Waals surface area contributed by atoms with Crippen LogP contribution in [-0.2, 0) is 10.0 Å². The number of halogens is 1. The van der Waals surface area contributed by atoms with Gasteiger partial charge in [-0.2, -0.15) is 5.10 Å². The van der Waals surface area contributed by atoms with E-state index in [4.69, 9.17) is 0 Å². The van der Waals surface area contributed by atoms with Crippen LogP contribution in [0, 0.1) is 17.4 Å². The summed E-state index contributed by atoms with van der Waals surface area (Å²) in [5.41, 5.74) is 1.88. The summed E-state index contributed by atoms with van der Waals surface area (Å²) < 4.78 is 29.8. The minimum Gasteiger partial charge on any atom is -0.369 e. The Morgan fingerprint density at radius 2 is 1.81 bits per heavy atom. The molecule has 1 aromatic carbocycles. The zero-order valence-electron chi connectivity index (χ0n) is 14.8. The van der Waals surface area contributed by atoms with E-state index in [1.807, 2.05) is 19.9 Å². The Morgan fingerprint density at radius 3 is 2.48 bits per heavy atom. The van der Waals surface area contributed by atoms with Gasteiger partial charge in [-0.05, 0) is 66.8 Å². The van der Waals surface area contributed by atoms with E-state index < -0.39 is 10.0 Å². The molecule has 0 spiro atoms. The van der Waals surface area contributed by atoms with Gasteiger partial charge in [0.05, 0.1) is 10.6 Å². The van der Waals surface area contributed by atoms with Gasteiger partial charge in [0.25, 0.3) is 0 Å². The van der Waals surface area contributed by atoms with Crippen LogP contribution in [0.5, 0.6) is 0 Å². The third kappa shape index (κ3) is 5.02. The summed E-state index contributed by atoms with van der Waals surface area (Å²) in [6, 6.07) is 10.4.